The van der Waals surface area contributed by atoms with Gasteiger partial charge in [-0.25, -0.2) is 0 Å². The van der Waals surface area contributed by atoms with Gasteiger partial charge in [-0.1, -0.05) is 15.9 Å². The molecule has 0 aromatic heterocycles. The summed E-state index contributed by atoms with van der Waals surface area (Å²) in [6.07, 6.45) is 0.345. The summed E-state index contributed by atoms with van der Waals surface area (Å²) in [6.45, 7) is 3.77. The number of rotatable bonds is 3. The van der Waals surface area contributed by atoms with Gasteiger partial charge in [0.25, 0.3) is 5.91 Å². The fraction of sp³-hybridized carbons (Fsp3) is 0.385. The Morgan fingerprint density at radius 2 is 2.24 bits per heavy atom. The second-order valence-corrected chi connectivity index (χ2v) is 5.00. The van der Waals surface area contributed by atoms with Gasteiger partial charge in [0.05, 0.1) is 12.5 Å². The van der Waals surface area contributed by atoms with E-state index in [0.29, 0.717) is 12.0 Å². The molecule has 90 valence electrons. The van der Waals surface area contributed by atoms with E-state index >= 15 is 0 Å². The normalized spacial score (nSPS) is 11.7. The van der Waals surface area contributed by atoms with Crippen LogP contribution in [0, 0.1) is 18.3 Å². The van der Waals surface area contributed by atoms with Crippen LogP contribution in [0.15, 0.2) is 22.7 Å². The molecule has 1 atom stereocenters. The largest absolute Gasteiger partial charge is 0.338 e. The molecule has 0 radical (unpaired) electrons. The molecule has 1 unspecified atom stereocenters. The number of carbonyl (C=O) groups excluding carboxylic acids is 1. The number of nitrogens with zero attached hydrogens (tertiary/aromatic N) is 2. The topological polar surface area (TPSA) is 44.1 Å². The fourth-order valence-corrected chi connectivity index (χ4v) is 2.00. The van der Waals surface area contributed by atoms with Crippen molar-refractivity contribution in [3.8, 4) is 6.07 Å². The van der Waals surface area contributed by atoms with Crippen LogP contribution in [0.5, 0.6) is 0 Å². The fourth-order valence-electron chi connectivity index (χ4n) is 1.53. The van der Waals surface area contributed by atoms with E-state index in [4.69, 9.17) is 5.26 Å². The van der Waals surface area contributed by atoms with E-state index < -0.39 is 0 Å². The maximum absolute atomic E-state index is 12.2. The van der Waals surface area contributed by atoms with Gasteiger partial charge in [0.1, 0.15) is 0 Å². The van der Waals surface area contributed by atoms with Crippen LogP contribution in [0.3, 0.4) is 0 Å². The Kier molecular flexibility index (Phi) is 4.71. The van der Waals surface area contributed by atoms with Crippen molar-refractivity contribution in [3.63, 3.8) is 0 Å². The molecule has 0 aliphatic carbocycles. The van der Waals surface area contributed by atoms with Crippen molar-refractivity contribution in [1.82, 2.24) is 4.90 Å². The van der Waals surface area contributed by atoms with Crippen LogP contribution in [-0.4, -0.2) is 23.9 Å². The molecule has 3 nitrogen and oxygen atoms in total. The van der Waals surface area contributed by atoms with Crippen molar-refractivity contribution in [2.45, 2.75) is 26.3 Å². The number of halogens is 1. The lowest BCUT2D eigenvalue weighted by Crippen LogP contribution is -2.35. The summed E-state index contributed by atoms with van der Waals surface area (Å²) in [5.74, 6) is -0.0437. The van der Waals surface area contributed by atoms with Gasteiger partial charge in [0.2, 0.25) is 0 Å². The highest BCUT2D eigenvalue weighted by Crippen LogP contribution is 2.18. The average Bonchev–Trinajstić information content (AvgIpc) is 2.27. The Balaban J connectivity index is 2.93. The van der Waals surface area contributed by atoms with Crippen molar-refractivity contribution in [2.24, 2.45) is 0 Å². The molecular formula is C13H15BrN2O. The summed E-state index contributed by atoms with van der Waals surface area (Å²) >= 11 is 3.37. The maximum Gasteiger partial charge on any atom is 0.254 e. The van der Waals surface area contributed by atoms with E-state index in [-0.39, 0.29) is 11.9 Å². The molecule has 0 N–H and O–H groups in total. The zero-order valence-electron chi connectivity index (χ0n) is 10.2. The minimum atomic E-state index is -0.0736. The third-order valence-electron chi connectivity index (χ3n) is 2.79. The lowest BCUT2D eigenvalue weighted by molar-refractivity contribution is 0.0745. The maximum atomic E-state index is 12.2. The number of benzene rings is 1. The first-order chi connectivity index (χ1) is 7.97. The van der Waals surface area contributed by atoms with Gasteiger partial charge in [0, 0.05) is 23.1 Å². The van der Waals surface area contributed by atoms with E-state index in [1.165, 1.54) is 0 Å². The molecule has 0 saturated carbocycles. The first-order valence-electron chi connectivity index (χ1n) is 5.37. The van der Waals surface area contributed by atoms with E-state index in [9.17, 15) is 4.79 Å². The van der Waals surface area contributed by atoms with Crippen LogP contribution >= 0.6 is 15.9 Å². The Morgan fingerprint density at radius 3 is 2.76 bits per heavy atom. The Labute approximate surface area is 110 Å². The molecule has 1 aromatic carbocycles. The molecule has 0 aliphatic rings. The van der Waals surface area contributed by atoms with E-state index in [0.717, 1.165) is 10.0 Å². The molecule has 0 saturated heterocycles. The first kappa shape index (κ1) is 13.7. The molecule has 0 bridgehead atoms. The van der Waals surface area contributed by atoms with Crippen molar-refractivity contribution in [3.05, 3.63) is 33.8 Å². The molecule has 1 aromatic rings. The van der Waals surface area contributed by atoms with Crippen LogP contribution in [0.1, 0.15) is 29.3 Å². The Hall–Kier alpha value is -1.34. The number of nitriles is 1. The van der Waals surface area contributed by atoms with Crippen molar-refractivity contribution in [2.75, 3.05) is 7.05 Å². The quantitative estimate of drug-likeness (QED) is 0.860. The predicted molar refractivity (Wildman–Crippen MR) is 70.7 cm³/mol. The number of carbonyl (C=O) groups is 1. The van der Waals surface area contributed by atoms with Gasteiger partial charge in [-0.15, -0.1) is 0 Å². The van der Waals surface area contributed by atoms with Gasteiger partial charge >= 0.3 is 0 Å². The lowest BCUT2D eigenvalue weighted by atomic mass is 10.1. The lowest BCUT2D eigenvalue weighted by Gasteiger charge is -2.23. The number of aryl methyl sites for hydroxylation is 1. The molecule has 1 rings (SSSR count). The van der Waals surface area contributed by atoms with Crippen LogP contribution in [0.4, 0.5) is 0 Å². The van der Waals surface area contributed by atoms with E-state index in [2.05, 4.69) is 22.0 Å². The second kappa shape index (κ2) is 5.83. The highest BCUT2D eigenvalue weighted by Gasteiger charge is 2.18. The van der Waals surface area contributed by atoms with Crippen LogP contribution in [-0.2, 0) is 0 Å². The molecular weight excluding hydrogens is 280 g/mol. The number of hydrogen-bond donors (Lipinski definition) is 0. The highest BCUT2D eigenvalue weighted by molar-refractivity contribution is 9.10. The number of amides is 1. The average molecular weight is 295 g/mol. The Bertz CT molecular complexity index is 465. The van der Waals surface area contributed by atoms with Gasteiger partial charge < -0.3 is 4.90 Å². The van der Waals surface area contributed by atoms with Crippen LogP contribution in [0.2, 0.25) is 0 Å². The van der Waals surface area contributed by atoms with Gasteiger partial charge in [0.15, 0.2) is 0 Å². The van der Waals surface area contributed by atoms with Crippen molar-refractivity contribution < 1.29 is 4.79 Å². The standard InChI is InChI=1S/C13H15BrN2O/c1-9-8-11(14)4-5-12(9)13(17)16(3)10(2)6-7-15/h4-5,8,10H,6H2,1-3H3. The van der Waals surface area contributed by atoms with Gasteiger partial charge in [-0.05, 0) is 37.6 Å². The first-order valence-corrected chi connectivity index (χ1v) is 6.17. The van der Waals surface area contributed by atoms with E-state index in [1.54, 1.807) is 18.0 Å². The molecule has 1 amide bonds. The summed E-state index contributed by atoms with van der Waals surface area (Å²) in [4.78, 5) is 13.8. The number of hydrogen-bond acceptors (Lipinski definition) is 2. The zero-order valence-corrected chi connectivity index (χ0v) is 11.8. The third kappa shape index (κ3) is 3.31. The molecule has 0 fully saturated rings. The van der Waals surface area contributed by atoms with Crippen molar-refractivity contribution in [1.29, 1.82) is 5.26 Å². The Morgan fingerprint density at radius 1 is 1.59 bits per heavy atom. The third-order valence-corrected chi connectivity index (χ3v) is 3.28. The summed E-state index contributed by atoms with van der Waals surface area (Å²) in [5.41, 5.74) is 1.61. The van der Waals surface area contributed by atoms with Crippen LogP contribution < -0.4 is 0 Å². The predicted octanol–water partition coefficient (Wildman–Crippen LogP) is 3.13. The minimum absolute atomic E-state index is 0.0437. The molecule has 0 aliphatic heterocycles. The minimum Gasteiger partial charge on any atom is -0.338 e. The van der Waals surface area contributed by atoms with Gasteiger partial charge in [-0.3, -0.25) is 4.79 Å². The molecule has 17 heavy (non-hydrogen) atoms. The SMILES string of the molecule is Cc1cc(Br)ccc1C(=O)N(C)C(C)CC#N. The zero-order chi connectivity index (χ0) is 13.0. The van der Waals surface area contributed by atoms with Gasteiger partial charge in [-0.2, -0.15) is 5.26 Å². The summed E-state index contributed by atoms with van der Waals surface area (Å²) in [7, 11) is 1.73. The van der Waals surface area contributed by atoms with E-state index in [1.807, 2.05) is 26.0 Å². The molecule has 0 heterocycles. The monoisotopic (exact) mass is 294 g/mol. The second-order valence-electron chi connectivity index (χ2n) is 4.09. The highest BCUT2D eigenvalue weighted by atomic mass is 79.9. The summed E-state index contributed by atoms with van der Waals surface area (Å²) < 4.78 is 0.958. The van der Waals surface area contributed by atoms with Crippen molar-refractivity contribution >= 4 is 21.8 Å². The smallest absolute Gasteiger partial charge is 0.254 e. The molecule has 4 heteroatoms. The summed E-state index contributed by atoms with van der Waals surface area (Å²) in [5, 5.41) is 8.63. The molecule has 0 spiro atoms. The van der Waals surface area contributed by atoms with Crippen LogP contribution in [0.25, 0.3) is 0 Å². The summed E-state index contributed by atoms with van der Waals surface area (Å²) in [6, 6.07) is 7.57.